The Labute approximate surface area is 188 Å². The van der Waals surface area contributed by atoms with Crippen LogP contribution in [-0.2, 0) is 17.8 Å². The average Bonchev–Trinajstić information content (AvgIpc) is 2.99. The molecule has 6 nitrogen and oxygen atoms in total. The molecular weight excluding hydrogens is 400 g/mol. The van der Waals surface area contributed by atoms with Gasteiger partial charge in [0.15, 0.2) is 5.96 Å². The largest absolute Gasteiger partial charge is 0.369 e. The molecule has 2 amide bonds. The molecule has 2 aromatic rings. The molecule has 0 aromatic heterocycles. The number of aryl methyl sites for hydroxylation is 2. The van der Waals surface area contributed by atoms with Gasteiger partial charge in [-0.3, -0.25) is 14.5 Å². The highest BCUT2D eigenvalue weighted by Crippen LogP contribution is 2.65. The number of benzene rings is 2. The van der Waals surface area contributed by atoms with Gasteiger partial charge in [-0.1, -0.05) is 44.2 Å². The molecule has 1 aliphatic heterocycles. The average molecular weight is 431 g/mol. The number of rotatable bonds is 4. The van der Waals surface area contributed by atoms with E-state index in [0.29, 0.717) is 12.1 Å². The third kappa shape index (κ3) is 3.04. The summed E-state index contributed by atoms with van der Waals surface area (Å²) in [5, 5.41) is 3.19. The van der Waals surface area contributed by atoms with E-state index in [1.54, 1.807) is 4.90 Å². The highest BCUT2D eigenvalue weighted by molar-refractivity contribution is 6.03. The molecule has 2 aromatic carbocycles. The summed E-state index contributed by atoms with van der Waals surface area (Å²) < 4.78 is 0. The van der Waals surface area contributed by atoms with Gasteiger partial charge in [-0.25, -0.2) is 4.99 Å². The van der Waals surface area contributed by atoms with Gasteiger partial charge in [0.1, 0.15) is 0 Å². The van der Waals surface area contributed by atoms with Crippen molar-refractivity contribution in [3.63, 3.8) is 0 Å². The first-order valence-electron chi connectivity index (χ1n) is 11.3. The van der Waals surface area contributed by atoms with E-state index < -0.39 is 5.54 Å². The fourth-order valence-corrected chi connectivity index (χ4v) is 5.66. The van der Waals surface area contributed by atoms with Crippen LogP contribution in [0.5, 0.6) is 0 Å². The van der Waals surface area contributed by atoms with Crippen molar-refractivity contribution in [1.29, 1.82) is 0 Å². The minimum atomic E-state index is -0.417. The van der Waals surface area contributed by atoms with Crippen LogP contribution in [0.15, 0.2) is 47.5 Å². The number of amides is 2. The van der Waals surface area contributed by atoms with Gasteiger partial charge in [0, 0.05) is 11.0 Å². The lowest BCUT2D eigenvalue weighted by Gasteiger charge is -2.27. The Bertz CT molecular complexity index is 1170. The second-order valence-electron chi connectivity index (χ2n) is 10.2. The van der Waals surface area contributed by atoms with E-state index in [1.165, 1.54) is 11.1 Å². The number of nitrogens with two attached hydrogens (primary N) is 1. The van der Waals surface area contributed by atoms with Crippen LogP contribution in [0.3, 0.4) is 0 Å². The van der Waals surface area contributed by atoms with E-state index >= 15 is 0 Å². The zero-order valence-electron chi connectivity index (χ0n) is 19.1. The predicted molar refractivity (Wildman–Crippen MR) is 124 cm³/mol. The summed E-state index contributed by atoms with van der Waals surface area (Å²) in [5.74, 6) is 0.0194. The molecule has 6 heteroatoms. The Kier molecular flexibility index (Phi) is 4.49. The predicted octanol–water partition coefficient (Wildman–Crippen LogP) is 3.48. The third-order valence-electron chi connectivity index (χ3n) is 7.82. The highest BCUT2D eigenvalue weighted by atomic mass is 16.2. The molecule has 5 rings (SSSR count). The van der Waals surface area contributed by atoms with E-state index in [9.17, 15) is 9.59 Å². The molecule has 0 bridgehead atoms. The van der Waals surface area contributed by atoms with Crippen LogP contribution in [0.2, 0.25) is 0 Å². The second-order valence-corrected chi connectivity index (χ2v) is 10.2. The lowest BCUT2D eigenvalue weighted by Crippen LogP contribution is -2.47. The van der Waals surface area contributed by atoms with Gasteiger partial charge in [-0.2, -0.15) is 0 Å². The third-order valence-corrected chi connectivity index (χ3v) is 7.82. The Morgan fingerprint density at radius 2 is 1.97 bits per heavy atom. The first kappa shape index (κ1) is 20.7. The molecule has 1 saturated carbocycles. The van der Waals surface area contributed by atoms with Crippen molar-refractivity contribution in [2.45, 2.75) is 58.7 Å². The van der Waals surface area contributed by atoms with Gasteiger partial charge >= 0.3 is 0 Å². The van der Waals surface area contributed by atoms with Crippen LogP contribution in [0.25, 0.3) is 0 Å². The molecule has 1 unspecified atom stereocenters. The first-order valence-corrected chi connectivity index (χ1v) is 11.3. The van der Waals surface area contributed by atoms with E-state index in [4.69, 9.17) is 5.73 Å². The number of nitrogens with one attached hydrogen (secondary N) is 1. The van der Waals surface area contributed by atoms with Crippen LogP contribution in [0.1, 0.15) is 65.8 Å². The van der Waals surface area contributed by atoms with Crippen molar-refractivity contribution < 1.29 is 9.59 Å². The zero-order chi connectivity index (χ0) is 22.8. The molecule has 1 fully saturated rings. The van der Waals surface area contributed by atoms with Gasteiger partial charge < -0.3 is 11.1 Å². The number of fused-ring (bicyclic) bond motifs is 2. The lowest BCUT2D eigenvalue weighted by atomic mass is 10.0. The minimum absolute atomic E-state index is 0.0140. The number of aliphatic imine (C=N–C) groups is 1. The Morgan fingerprint density at radius 3 is 2.75 bits per heavy atom. The van der Waals surface area contributed by atoms with Crippen molar-refractivity contribution in [3.05, 3.63) is 70.3 Å². The summed E-state index contributed by atoms with van der Waals surface area (Å²) in [6.07, 6.45) is 1.89. The van der Waals surface area contributed by atoms with E-state index in [0.717, 1.165) is 24.0 Å². The van der Waals surface area contributed by atoms with E-state index in [-0.39, 0.29) is 35.1 Å². The Balaban J connectivity index is 1.35. The maximum Gasteiger partial charge on any atom is 0.251 e. The first-order chi connectivity index (χ1) is 15.1. The maximum atomic E-state index is 13.1. The second kappa shape index (κ2) is 6.92. The summed E-state index contributed by atoms with van der Waals surface area (Å²) in [4.78, 5) is 32.4. The standard InChI is InChI=1S/C26H30N4O2/c1-15-11-16(14-30-23(32)21-25(2,3)26(21,4)29-24(30)27)13-18(12-15)22(31)28-20-10-9-17-7-5-6-8-19(17)20/h5-8,11-13,20-21H,9-10,14H2,1-4H3,(H2,27,29)(H,28,31)/t20-,21?,26-/m0/s1. The molecule has 2 aliphatic carbocycles. The van der Waals surface area contributed by atoms with Gasteiger partial charge in [0.2, 0.25) is 5.91 Å². The number of carbonyl (C=O) groups excluding carboxylic acids is 2. The number of hydrogen-bond acceptors (Lipinski definition) is 4. The van der Waals surface area contributed by atoms with Crippen molar-refractivity contribution in [2.75, 3.05) is 0 Å². The molecule has 3 N–H and O–H groups in total. The van der Waals surface area contributed by atoms with Crippen molar-refractivity contribution in [2.24, 2.45) is 22.1 Å². The molecule has 32 heavy (non-hydrogen) atoms. The zero-order valence-corrected chi connectivity index (χ0v) is 19.1. The Morgan fingerprint density at radius 1 is 1.22 bits per heavy atom. The molecular formula is C26H30N4O2. The Hall–Kier alpha value is -3.15. The number of nitrogens with zero attached hydrogens (tertiary/aromatic N) is 2. The summed E-state index contributed by atoms with van der Waals surface area (Å²) in [7, 11) is 0. The summed E-state index contributed by atoms with van der Waals surface area (Å²) in [6, 6.07) is 14.0. The molecule has 166 valence electrons. The topological polar surface area (TPSA) is 87.8 Å². The molecule has 3 aliphatic rings. The molecule has 0 radical (unpaired) electrons. The van der Waals surface area contributed by atoms with Gasteiger partial charge in [0.25, 0.3) is 5.91 Å². The van der Waals surface area contributed by atoms with Gasteiger partial charge in [-0.15, -0.1) is 0 Å². The van der Waals surface area contributed by atoms with Crippen LogP contribution in [0.4, 0.5) is 0 Å². The SMILES string of the molecule is Cc1cc(CN2C(=O)C3C(C)(C)[C@@]3(C)N=C2N)cc(C(=O)N[C@H]2CCc3ccccc32)c1. The highest BCUT2D eigenvalue weighted by Gasteiger charge is 2.74. The van der Waals surface area contributed by atoms with Crippen molar-refractivity contribution in [3.8, 4) is 0 Å². The summed E-state index contributed by atoms with van der Waals surface area (Å²) >= 11 is 0. The molecule has 0 saturated heterocycles. The quantitative estimate of drug-likeness (QED) is 0.778. The van der Waals surface area contributed by atoms with Crippen molar-refractivity contribution >= 4 is 17.8 Å². The van der Waals surface area contributed by atoms with E-state index in [2.05, 4.69) is 36.3 Å². The molecule has 1 heterocycles. The monoisotopic (exact) mass is 430 g/mol. The van der Waals surface area contributed by atoms with Crippen LogP contribution < -0.4 is 11.1 Å². The minimum Gasteiger partial charge on any atom is -0.369 e. The molecule has 3 atom stereocenters. The fraction of sp³-hybridized carbons (Fsp3) is 0.423. The number of guanidine groups is 1. The van der Waals surface area contributed by atoms with Gasteiger partial charge in [-0.05, 0) is 61.1 Å². The van der Waals surface area contributed by atoms with Crippen LogP contribution >= 0.6 is 0 Å². The van der Waals surface area contributed by atoms with E-state index in [1.807, 2.05) is 44.2 Å². The van der Waals surface area contributed by atoms with Crippen LogP contribution in [0, 0.1) is 18.3 Å². The number of hydrogen-bond donors (Lipinski definition) is 2. The summed E-state index contributed by atoms with van der Waals surface area (Å²) in [6.45, 7) is 8.39. The molecule has 0 spiro atoms. The maximum absolute atomic E-state index is 13.1. The normalized spacial score (nSPS) is 27.4. The smallest absolute Gasteiger partial charge is 0.251 e. The van der Waals surface area contributed by atoms with Crippen molar-refractivity contribution in [1.82, 2.24) is 10.2 Å². The summed E-state index contributed by atoms with van der Waals surface area (Å²) in [5.41, 5.74) is 10.5. The fourth-order valence-electron chi connectivity index (χ4n) is 5.66. The lowest BCUT2D eigenvalue weighted by molar-refractivity contribution is -0.130. The van der Waals surface area contributed by atoms with Crippen LogP contribution in [-0.4, -0.2) is 28.2 Å². The number of carbonyl (C=O) groups is 2. The van der Waals surface area contributed by atoms with Gasteiger partial charge in [0.05, 0.1) is 24.0 Å².